The molecular formula is C18H18ClN5O2. The van der Waals surface area contributed by atoms with Crippen molar-refractivity contribution in [3.8, 4) is 17.0 Å². The molecule has 2 aromatic heterocycles. The summed E-state index contributed by atoms with van der Waals surface area (Å²) in [5.41, 5.74) is 7.85. The van der Waals surface area contributed by atoms with Gasteiger partial charge < -0.3 is 15.8 Å². The number of ether oxygens (including phenoxy) is 1. The average molecular weight is 372 g/mol. The molecule has 134 valence electrons. The molecule has 26 heavy (non-hydrogen) atoms. The monoisotopic (exact) mass is 371 g/mol. The fourth-order valence-electron chi connectivity index (χ4n) is 2.49. The van der Waals surface area contributed by atoms with Crippen LogP contribution in [-0.4, -0.2) is 33.8 Å². The van der Waals surface area contributed by atoms with Gasteiger partial charge in [0.1, 0.15) is 18.1 Å². The molecule has 7 nitrogen and oxygen atoms in total. The van der Waals surface area contributed by atoms with Crippen molar-refractivity contribution in [3.63, 3.8) is 0 Å². The van der Waals surface area contributed by atoms with Crippen molar-refractivity contribution in [3.05, 3.63) is 59.5 Å². The lowest BCUT2D eigenvalue weighted by molar-refractivity contribution is 0.102. The van der Waals surface area contributed by atoms with Crippen LogP contribution in [0.3, 0.4) is 0 Å². The lowest BCUT2D eigenvalue weighted by atomic mass is 10.1. The Bertz CT molecular complexity index is 892. The summed E-state index contributed by atoms with van der Waals surface area (Å²) in [7, 11) is 1.78. The van der Waals surface area contributed by atoms with Gasteiger partial charge in [0.25, 0.3) is 5.91 Å². The molecule has 3 rings (SSSR count). The SMILES string of the molecule is Cn1ncc(Cl)c1-c1cc(NC(=O)c2ccccn2)ccc1OCCN. The van der Waals surface area contributed by atoms with E-state index in [1.54, 1.807) is 60.5 Å². The standard InChI is InChI=1S/C18H18ClN5O2/c1-24-17(14(19)11-22-24)13-10-12(5-6-16(13)26-9-7-20)23-18(25)15-4-2-3-8-21-15/h2-6,8,10-11H,7,9,20H2,1H3,(H,23,25). The van der Waals surface area contributed by atoms with Gasteiger partial charge in [0.05, 0.1) is 16.9 Å². The van der Waals surface area contributed by atoms with Crippen LogP contribution in [0.25, 0.3) is 11.3 Å². The smallest absolute Gasteiger partial charge is 0.274 e. The number of aryl methyl sites for hydroxylation is 1. The number of nitrogens with one attached hydrogen (secondary N) is 1. The molecule has 0 aliphatic carbocycles. The molecule has 1 aromatic carbocycles. The van der Waals surface area contributed by atoms with E-state index >= 15 is 0 Å². The van der Waals surface area contributed by atoms with Crippen molar-refractivity contribution in [2.24, 2.45) is 12.8 Å². The Hall–Kier alpha value is -2.90. The molecule has 1 amide bonds. The summed E-state index contributed by atoms with van der Waals surface area (Å²) in [6, 6.07) is 10.5. The summed E-state index contributed by atoms with van der Waals surface area (Å²) in [6.45, 7) is 0.749. The molecule has 8 heteroatoms. The Kier molecular flexibility index (Phi) is 5.50. The minimum atomic E-state index is -0.303. The van der Waals surface area contributed by atoms with E-state index in [1.807, 2.05) is 0 Å². The molecule has 0 saturated carbocycles. The van der Waals surface area contributed by atoms with E-state index in [0.29, 0.717) is 46.6 Å². The number of hydrogen-bond donors (Lipinski definition) is 2. The maximum Gasteiger partial charge on any atom is 0.274 e. The number of rotatable bonds is 6. The molecule has 0 radical (unpaired) electrons. The first-order valence-electron chi connectivity index (χ1n) is 7.97. The number of carbonyl (C=O) groups excluding carboxylic acids is 1. The van der Waals surface area contributed by atoms with Gasteiger partial charge in [0.15, 0.2) is 0 Å². The van der Waals surface area contributed by atoms with Gasteiger partial charge in [-0.1, -0.05) is 17.7 Å². The summed E-state index contributed by atoms with van der Waals surface area (Å²) < 4.78 is 7.37. The third-order valence-corrected chi connectivity index (χ3v) is 3.94. The molecule has 0 fully saturated rings. The second-order valence-electron chi connectivity index (χ2n) is 5.48. The van der Waals surface area contributed by atoms with Crippen molar-refractivity contribution in [1.82, 2.24) is 14.8 Å². The lowest BCUT2D eigenvalue weighted by Crippen LogP contribution is -2.14. The minimum absolute atomic E-state index is 0.303. The van der Waals surface area contributed by atoms with Gasteiger partial charge in [-0.15, -0.1) is 0 Å². The Morgan fingerprint density at radius 1 is 1.35 bits per heavy atom. The first-order valence-corrected chi connectivity index (χ1v) is 8.35. The van der Waals surface area contributed by atoms with Crippen molar-refractivity contribution in [2.45, 2.75) is 0 Å². The topological polar surface area (TPSA) is 95.1 Å². The first kappa shape index (κ1) is 17.9. The number of anilines is 1. The molecule has 3 aromatic rings. The normalized spacial score (nSPS) is 10.6. The predicted molar refractivity (Wildman–Crippen MR) is 100 cm³/mol. The summed E-state index contributed by atoms with van der Waals surface area (Å²) in [4.78, 5) is 16.4. The number of halogens is 1. The van der Waals surface area contributed by atoms with Crippen LogP contribution in [-0.2, 0) is 7.05 Å². The molecule has 0 unspecified atom stereocenters. The van der Waals surface area contributed by atoms with Crippen LogP contribution in [0.2, 0.25) is 5.02 Å². The van der Waals surface area contributed by atoms with Gasteiger partial charge >= 0.3 is 0 Å². The summed E-state index contributed by atoms with van der Waals surface area (Å²) in [5.74, 6) is 0.306. The highest BCUT2D eigenvalue weighted by atomic mass is 35.5. The van der Waals surface area contributed by atoms with Gasteiger partial charge in [-0.25, -0.2) is 0 Å². The number of pyridine rings is 1. The molecule has 0 bridgehead atoms. The van der Waals surface area contributed by atoms with Crippen LogP contribution < -0.4 is 15.8 Å². The van der Waals surface area contributed by atoms with Gasteiger partial charge in [-0.05, 0) is 30.3 Å². The van der Waals surface area contributed by atoms with Crippen LogP contribution in [0, 0.1) is 0 Å². The molecule has 3 N–H and O–H groups in total. The van der Waals surface area contributed by atoms with Crippen LogP contribution in [0.5, 0.6) is 5.75 Å². The predicted octanol–water partition coefficient (Wildman–Crippen LogP) is 2.73. The average Bonchev–Trinajstić information content (AvgIpc) is 2.99. The molecule has 0 aliphatic rings. The highest BCUT2D eigenvalue weighted by Crippen LogP contribution is 2.36. The van der Waals surface area contributed by atoms with E-state index in [0.717, 1.165) is 0 Å². The van der Waals surface area contributed by atoms with E-state index in [2.05, 4.69) is 15.4 Å². The van der Waals surface area contributed by atoms with E-state index in [1.165, 1.54) is 0 Å². The van der Waals surface area contributed by atoms with Crippen LogP contribution in [0.1, 0.15) is 10.5 Å². The van der Waals surface area contributed by atoms with E-state index in [9.17, 15) is 4.79 Å². The van der Waals surface area contributed by atoms with Crippen molar-refractivity contribution in [2.75, 3.05) is 18.5 Å². The van der Waals surface area contributed by atoms with Gasteiger partial charge in [0, 0.05) is 31.0 Å². The molecule has 2 heterocycles. The number of nitrogens with zero attached hydrogens (tertiary/aromatic N) is 3. The van der Waals surface area contributed by atoms with E-state index in [4.69, 9.17) is 22.1 Å². The maximum atomic E-state index is 12.3. The minimum Gasteiger partial charge on any atom is -0.492 e. The fourth-order valence-corrected chi connectivity index (χ4v) is 2.76. The zero-order valence-corrected chi connectivity index (χ0v) is 14.9. The van der Waals surface area contributed by atoms with Crippen LogP contribution in [0.15, 0.2) is 48.8 Å². The van der Waals surface area contributed by atoms with Crippen molar-refractivity contribution >= 4 is 23.2 Å². The molecule has 0 spiro atoms. The maximum absolute atomic E-state index is 12.3. The first-order chi connectivity index (χ1) is 12.6. The summed E-state index contributed by atoms with van der Waals surface area (Å²) in [6.07, 6.45) is 3.13. The largest absolute Gasteiger partial charge is 0.492 e. The molecule has 0 aliphatic heterocycles. The Morgan fingerprint density at radius 3 is 2.85 bits per heavy atom. The van der Waals surface area contributed by atoms with Crippen molar-refractivity contribution < 1.29 is 9.53 Å². The zero-order valence-electron chi connectivity index (χ0n) is 14.1. The number of benzene rings is 1. The summed E-state index contributed by atoms with van der Waals surface area (Å²) >= 11 is 6.28. The Labute approximate surface area is 155 Å². The molecule has 0 saturated heterocycles. The number of carbonyl (C=O) groups is 1. The summed E-state index contributed by atoms with van der Waals surface area (Å²) in [5, 5.41) is 7.47. The Balaban J connectivity index is 1.96. The van der Waals surface area contributed by atoms with E-state index in [-0.39, 0.29) is 5.91 Å². The number of hydrogen-bond acceptors (Lipinski definition) is 5. The second kappa shape index (κ2) is 7.99. The highest BCUT2D eigenvalue weighted by Gasteiger charge is 2.16. The van der Waals surface area contributed by atoms with Gasteiger partial charge in [-0.2, -0.15) is 5.10 Å². The van der Waals surface area contributed by atoms with Crippen LogP contribution >= 0.6 is 11.6 Å². The number of amides is 1. The molecular weight excluding hydrogens is 354 g/mol. The fraction of sp³-hybridized carbons (Fsp3) is 0.167. The number of aromatic nitrogens is 3. The zero-order chi connectivity index (χ0) is 18.5. The quantitative estimate of drug-likeness (QED) is 0.694. The molecule has 0 atom stereocenters. The third kappa shape index (κ3) is 3.84. The van der Waals surface area contributed by atoms with Crippen LogP contribution in [0.4, 0.5) is 5.69 Å². The number of nitrogens with two attached hydrogens (primary N) is 1. The van der Waals surface area contributed by atoms with E-state index < -0.39 is 0 Å². The highest BCUT2D eigenvalue weighted by molar-refractivity contribution is 6.33. The van der Waals surface area contributed by atoms with Crippen molar-refractivity contribution in [1.29, 1.82) is 0 Å². The third-order valence-electron chi connectivity index (χ3n) is 3.66. The van der Waals surface area contributed by atoms with Gasteiger partial charge in [0.2, 0.25) is 0 Å². The second-order valence-corrected chi connectivity index (χ2v) is 5.89. The lowest BCUT2D eigenvalue weighted by Gasteiger charge is -2.14. The van der Waals surface area contributed by atoms with Gasteiger partial charge in [-0.3, -0.25) is 14.5 Å². The Morgan fingerprint density at radius 2 is 2.19 bits per heavy atom.